The summed E-state index contributed by atoms with van der Waals surface area (Å²) in [5, 5.41) is 0.611. The third-order valence-electron chi connectivity index (χ3n) is 3.31. The molecule has 0 bridgehead atoms. The van der Waals surface area contributed by atoms with Crippen LogP contribution in [0.2, 0.25) is 5.02 Å². The molecule has 2 N–H and O–H groups in total. The Morgan fingerprint density at radius 3 is 2.54 bits per heavy atom. The predicted octanol–water partition coefficient (Wildman–Crippen LogP) is 4.33. The van der Waals surface area contributed by atoms with Crippen molar-refractivity contribution in [2.24, 2.45) is 0 Å². The fraction of sp³-hybridized carbons (Fsp3) is 0.235. The molecule has 0 saturated carbocycles. The summed E-state index contributed by atoms with van der Waals surface area (Å²) in [6.07, 6.45) is 0.735. The van der Waals surface area contributed by atoms with Crippen molar-refractivity contribution >= 4 is 23.2 Å². The van der Waals surface area contributed by atoms with Gasteiger partial charge in [-0.05, 0) is 48.7 Å². The van der Waals surface area contributed by atoms with E-state index in [4.69, 9.17) is 11.6 Å². The van der Waals surface area contributed by atoms with E-state index in [9.17, 15) is 13.6 Å². The maximum atomic E-state index is 12.1. The largest absolute Gasteiger partial charge is 0.435 e. The molecule has 0 unspecified atom stereocenters. The number of hydrogen-bond donors (Lipinski definition) is 2. The number of benzene rings is 2. The molecule has 0 aromatic heterocycles. The Kier molecular flexibility index (Phi) is 6.37. The highest BCUT2D eigenvalue weighted by Gasteiger charge is 2.06. The van der Waals surface area contributed by atoms with Crippen LogP contribution in [0.5, 0.6) is 5.75 Å². The van der Waals surface area contributed by atoms with E-state index in [-0.39, 0.29) is 18.1 Å². The van der Waals surface area contributed by atoms with Gasteiger partial charge in [-0.25, -0.2) is 0 Å². The third kappa shape index (κ3) is 5.70. The van der Waals surface area contributed by atoms with Gasteiger partial charge in [0.15, 0.2) is 0 Å². The lowest BCUT2D eigenvalue weighted by molar-refractivity contribution is -0.120. The monoisotopic (exact) mass is 354 g/mol. The number of halogens is 3. The molecule has 128 valence electrons. The highest BCUT2D eigenvalue weighted by molar-refractivity contribution is 6.31. The summed E-state index contributed by atoms with van der Waals surface area (Å²) < 4.78 is 28.4. The van der Waals surface area contributed by atoms with Crippen LogP contribution in [0.25, 0.3) is 0 Å². The van der Waals surface area contributed by atoms with E-state index in [1.807, 2.05) is 19.1 Å². The number of rotatable bonds is 7. The summed E-state index contributed by atoms with van der Waals surface area (Å²) in [4.78, 5) is 11.8. The second-order valence-electron chi connectivity index (χ2n) is 5.16. The SMILES string of the molecule is Cc1ccc(NNC(=O)CCc2ccc(OC(F)F)cc2)cc1Cl. The zero-order valence-electron chi connectivity index (χ0n) is 13.0. The van der Waals surface area contributed by atoms with Gasteiger partial charge >= 0.3 is 6.61 Å². The van der Waals surface area contributed by atoms with Crippen molar-refractivity contribution in [3.05, 3.63) is 58.6 Å². The van der Waals surface area contributed by atoms with Gasteiger partial charge in [-0.2, -0.15) is 8.78 Å². The molecule has 24 heavy (non-hydrogen) atoms. The minimum absolute atomic E-state index is 0.0936. The molecule has 1 amide bonds. The van der Waals surface area contributed by atoms with Gasteiger partial charge in [-0.3, -0.25) is 15.6 Å². The molecule has 2 rings (SSSR count). The van der Waals surface area contributed by atoms with Gasteiger partial charge in [0.05, 0.1) is 5.69 Å². The zero-order chi connectivity index (χ0) is 17.5. The van der Waals surface area contributed by atoms with E-state index in [1.54, 1.807) is 18.2 Å². The van der Waals surface area contributed by atoms with Crippen molar-refractivity contribution in [2.75, 3.05) is 5.43 Å². The summed E-state index contributed by atoms with van der Waals surface area (Å²) in [7, 11) is 0. The predicted molar refractivity (Wildman–Crippen MR) is 89.3 cm³/mol. The minimum Gasteiger partial charge on any atom is -0.435 e. The summed E-state index contributed by atoms with van der Waals surface area (Å²) in [6.45, 7) is -0.953. The minimum atomic E-state index is -2.84. The zero-order valence-corrected chi connectivity index (χ0v) is 13.7. The van der Waals surface area contributed by atoms with E-state index in [2.05, 4.69) is 15.6 Å². The van der Waals surface area contributed by atoms with Gasteiger partial charge in [0.1, 0.15) is 5.75 Å². The second kappa shape index (κ2) is 8.49. The molecule has 2 aromatic rings. The van der Waals surface area contributed by atoms with Gasteiger partial charge in [-0.15, -0.1) is 0 Å². The molecule has 0 radical (unpaired) electrons. The van der Waals surface area contributed by atoms with E-state index < -0.39 is 6.61 Å². The Morgan fingerprint density at radius 2 is 1.92 bits per heavy atom. The lowest BCUT2D eigenvalue weighted by atomic mass is 10.1. The maximum Gasteiger partial charge on any atom is 0.387 e. The van der Waals surface area contributed by atoms with Crippen molar-refractivity contribution in [1.29, 1.82) is 0 Å². The smallest absolute Gasteiger partial charge is 0.387 e. The molecule has 0 aliphatic rings. The first-order chi connectivity index (χ1) is 11.4. The van der Waals surface area contributed by atoms with Gasteiger partial charge in [-0.1, -0.05) is 29.8 Å². The number of aryl methyl sites for hydroxylation is 2. The standard InChI is InChI=1S/C17H17ClF2N2O2/c1-11-2-6-13(10-15(11)18)21-22-16(23)9-5-12-3-7-14(8-4-12)24-17(19)20/h2-4,6-8,10,17,21H,5,9H2,1H3,(H,22,23). The van der Waals surface area contributed by atoms with E-state index in [0.717, 1.165) is 11.1 Å². The average Bonchev–Trinajstić information content (AvgIpc) is 2.55. The summed E-state index contributed by atoms with van der Waals surface area (Å²) >= 11 is 6.00. The molecule has 0 fully saturated rings. The normalized spacial score (nSPS) is 10.5. The van der Waals surface area contributed by atoms with Gasteiger partial charge in [0.2, 0.25) is 5.91 Å². The number of carbonyl (C=O) groups excluding carboxylic acids is 1. The van der Waals surface area contributed by atoms with Crippen LogP contribution in [-0.2, 0) is 11.2 Å². The first-order valence-electron chi connectivity index (χ1n) is 7.29. The Bertz CT molecular complexity index is 693. The van der Waals surface area contributed by atoms with Crippen molar-refractivity contribution < 1.29 is 18.3 Å². The maximum absolute atomic E-state index is 12.1. The molecular formula is C17H17ClF2N2O2. The van der Waals surface area contributed by atoms with Crippen LogP contribution in [-0.4, -0.2) is 12.5 Å². The molecular weight excluding hydrogens is 338 g/mol. The van der Waals surface area contributed by atoms with Crippen molar-refractivity contribution in [3.63, 3.8) is 0 Å². The van der Waals surface area contributed by atoms with Gasteiger partial charge in [0.25, 0.3) is 0 Å². The summed E-state index contributed by atoms with van der Waals surface area (Å²) in [6, 6.07) is 11.6. The first-order valence-corrected chi connectivity index (χ1v) is 7.66. The number of ether oxygens (including phenoxy) is 1. The highest BCUT2D eigenvalue weighted by Crippen LogP contribution is 2.19. The van der Waals surface area contributed by atoms with Crippen LogP contribution in [0, 0.1) is 6.92 Å². The molecule has 0 aliphatic carbocycles. The van der Waals surface area contributed by atoms with E-state index in [1.165, 1.54) is 12.1 Å². The second-order valence-corrected chi connectivity index (χ2v) is 5.57. The molecule has 0 saturated heterocycles. The topological polar surface area (TPSA) is 50.4 Å². The number of hydrogen-bond acceptors (Lipinski definition) is 3. The van der Waals surface area contributed by atoms with Crippen LogP contribution in [0.1, 0.15) is 17.5 Å². The quantitative estimate of drug-likeness (QED) is 0.728. The van der Waals surface area contributed by atoms with Crippen LogP contribution in [0.15, 0.2) is 42.5 Å². The number of carbonyl (C=O) groups is 1. The lowest BCUT2D eigenvalue weighted by Crippen LogP contribution is -2.29. The van der Waals surface area contributed by atoms with Crippen LogP contribution < -0.4 is 15.6 Å². The lowest BCUT2D eigenvalue weighted by Gasteiger charge is -2.10. The van der Waals surface area contributed by atoms with Crippen LogP contribution in [0.4, 0.5) is 14.5 Å². The first kappa shape index (κ1) is 18.0. The molecule has 4 nitrogen and oxygen atoms in total. The van der Waals surface area contributed by atoms with Crippen LogP contribution in [0.3, 0.4) is 0 Å². The summed E-state index contributed by atoms with van der Waals surface area (Å²) in [5.74, 6) is -0.101. The van der Waals surface area contributed by atoms with E-state index >= 15 is 0 Å². The third-order valence-corrected chi connectivity index (χ3v) is 3.71. The molecule has 7 heteroatoms. The van der Waals surface area contributed by atoms with Crippen molar-refractivity contribution in [2.45, 2.75) is 26.4 Å². The van der Waals surface area contributed by atoms with E-state index in [0.29, 0.717) is 17.1 Å². The van der Waals surface area contributed by atoms with Crippen LogP contribution >= 0.6 is 11.6 Å². The Labute approximate surface area is 143 Å². The van der Waals surface area contributed by atoms with Crippen molar-refractivity contribution in [3.8, 4) is 5.75 Å². The number of alkyl halides is 2. The molecule has 0 atom stereocenters. The average molecular weight is 355 g/mol. The summed E-state index contributed by atoms with van der Waals surface area (Å²) in [5.41, 5.74) is 7.87. The van der Waals surface area contributed by atoms with Crippen molar-refractivity contribution in [1.82, 2.24) is 5.43 Å². The number of amides is 1. The number of anilines is 1. The van der Waals surface area contributed by atoms with Gasteiger partial charge in [0, 0.05) is 11.4 Å². The molecule has 0 spiro atoms. The molecule has 0 heterocycles. The number of nitrogens with one attached hydrogen (secondary N) is 2. The molecule has 0 aliphatic heterocycles. The highest BCUT2D eigenvalue weighted by atomic mass is 35.5. The molecule has 2 aromatic carbocycles. The fourth-order valence-electron chi connectivity index (χ4n) is 1.97. The Balaban J connectivity index is 1.77. The number of hydrazine groups is 1. The van der Waals surface area contributed by atoms with Gasteiger partial charge < -0.3 is 4.74 Å². The fourth-order valence-corrected chi connectivity index (χ4v) is 2.15. The Morgan fingerprint density at radius 1 is 1.21 bits per heavy atom. The Hall–Kier alpha value is -2.34.